The molecule has 3 heterocycles. The first kappa shape index (κ1) is 18.0. The highest BCUT2D eigenvalue weighted by molar-refractivity contribution is 5.83. The highest BCUT2D eigenvalue weighted by atomic mass is 16.6. The minimum Gasteiger partial charge on any atom is -0.480 e. The topological polar surface area (TPSA) is 105 Å². The van der Waals surface area contributed by atoms with Crippen molar-refractivity contribution in [2.75, 3.05) is 6.54 Å². The molecule has 1 aromatic carbocycles. The molecule has 0 radical (unpaired) electrons. The largest absolute Gasteiger partial charge is 0.480 e. The number of likely N-dealkylation sites (tertiary alicyclic amines) is 1. The van der Waals surface area contributed by atoms with Gasteiger partial charge in [-0.1, -0.05) is 6.07 Å². The number of amides is 2. The maximum atomic E-state index is 12.6. The predicted octanol–water partition coefficient (Wildman–Crippen LogP) is 1.40. The Morgan fingerprint density at radius 1 is 1.21 bits per heavy atom. The second-order valence-electron chi connectivity index (χ2n) is 7.03. The van der Waals surface area contributed by atoms with Gasteiger partial charge < -0.3 is 14.7 Å². The molecule has 4 rings (SSSR count). The summed E-state index contributed by atoms with van der Waals surface area (Å²) in [4.78, 5) is 38.3. The van der Waals surface area contributed by atoms with Crippen molar-refractivity contribution in [1.82, 2.24) is 19.6 Å². The van der Waals surface area contributed by atoms with Crippen LogP contribution in [0.15, 0.2) is 36.7 Å². The Labute approximate surface area is 161 Å². The summed E-state index contributed by atoms with van der Waals surface area (Å²) < 4.78 is 7.25. The van der Waals surface area contributed by atoms with Gasteiger partial charge in [-0.15, -0.1) is 0 Å². The fourth-order valence-corrected chi connectivity index (χ4v) is 3.76. The Morgan fingerprint density at radius 2 is 2.00 bits per heavy atom. The number of fused-ring (bicyclic) bond motifs is 1. The third kappa shape index (κ3) is 3.30. The molecule has 1 aromatic heterocycles. The molecule has 2 aliphatic rings. The van der Waals surface area contributed by atoms with Gasteiger partial charge >= 0.3 is 12.1 Å². The van der Waals surface area contributed by atoms with E-state index in [9.17, 15) is 19.5 Å². The number of carboxylic acids is 1. The quantitative estimate of drug-likeness (QED) is 0.858. The van der Waals surface area contributed by atoms with Crippen LogP contribution in [-0.4, -0.2) is 61.3 Å². The number of nitrogens with zero attached hydrogens (tertiary/aromatic N) is 4. The van der Waals surface area contributed by atoms with Crippen molar-refractivity contribution in [3.63, 3.8) is 0 Å². The van der Waals surface area contributed by atoms with E-state index in [0.29, 0.717) is 13.1 Å². The number of carbonyl (C=O) groups excluding carboxylic acids is 2. The lowest BCUT2D eigenvalue weighted by Gasteiger charge is -2.20. The Morgan fingerprint density at radius 3 is 2.64 bits per heavy atom. The van der Waals surface area contributed by atoms with Gasteiger partial charge in [0, 0.05) is 38.8 Å². The highest BCUT2D eigenvalue weighted by Crippen LogP contribution is 2.27. The van der Waals surface area contributed by atoms with Crippen LogP contribution in [0.5, 0.6) is 0 Å². The normalized spacial score (nSPS) is 20.9. The molecule has 2 aliphatic heterocycles. The van der Waals surface area contributed by atoms with Crippen molar-refractivity contribution in [3.05, 3.63) is 47.8 Å². The number of benzene rings is 1. The number of aliphatic carboxylic acids is 1. The smallest absolute Gasteiger partial charge is 0.410 e. The van der Waals surface area contributed by atoms with Crippen molar-refractivity contribution < 1.29 is 24.2 Å². The standard InChI is InChI=1S/C19H20N4O5/c1-12(24)22-11-16(8-17(22)18(25)26)28-19(27)21-9-13-3-4-15(7-14(13)10-21)23-6-2-5-20-23/h2-7,16-17H,8-11H2,1H3,(H,25,26)/t16-,17+/m1/s1. The molecule has 9 heteroatoms. The second-order valence-corrected chi connectivity index (χ2v) is 7.03. The maximum Gasteiger partial charge on any atom is 0.410 e. The first-order valence-electron chi connectivity index (χ1n) is 9.00. The molecule has 0 spiro atoms. The summed E-state index contributed by atoms with van der Waals surface area (Å²) in [6.07, 6.45) is 2.53. The van der Waals surface area contributed by atoms with Gasteiger partial charge in [-0.25, -0.2) is 14.3 Å². The molecule has 1 saturated heterocycles. The average molecular weight is 384 g/mol. The van der Waals surface area contributed by atoms with Crippen LogP contribution in [0, 0.1) is 0 Å². The van der Waals surface area contributed by atoms with Crippen LogP contribution in [0.1, 0.15) is 24.5 Å². The Bertz CT molecular complexity index is 904. The fraction of sp³-hybridized carbons (Fsp3) is 0.368. The summed E-state index contributed by atoms with van der Waals surface area (Å²) in [7, 11) is 0. The maximum absolute atomic E-state index is 12.6. The number of carbonyl (C=O) groups is 3. The van der Waals surface area contributed by atoms with Gasteiger partial charge in [-0.2, -0.15) is 5.10 Å². The summed E-state index contributed by atoms with van der Waals surface area (Å²) in [6.45, 7) is 2.25. The molecule has 2 amide bonds. The van der Waals surface area contributed by atoms with Crippen LogP contribution in [0.4, 0.5) is 4.79 Å². The highest BCUT2D eigenvalue weighted by Gasteiger charge is 2.41. The summed E-state index contributed by atoms with van der Waals surface area (Å²) in [5.41, 5.74) is 2.97. The number of hydrogen-bond acceptors (Lipinski definition) is 5. The van der Waals surface area contributed by atoms with E-state index in [4.69, 9.17) is 4.74 Å². The lowest BCUT2D eigenvalue weighted by atomic mass is 10.1. The van der Waals surface area contributed by atoms with Crippen molar-refractivity contribution in [2.45, 2.75) is 38.6 Å². The molecule has 146 valence electrons. The van der Waals surface area contributed by atoms with Gasteiger partial charge in [0.05, 0.1) is 12.2 Å². The Balaban J connectivity index is 1.41. The van der Waals surface area contributed by atoms with Crippen LogP contribution < -0.4 is 0 Å². The van der Waals surface area contributed by atoms with Crippen LogP contribution >= 0.6 is 0 Å². The van der Waals surface area contributed by atoms with Gasteiger partial charge in [-0.05, 0) is 29.3 Å². The van der Waals surface area contributed by atoms with E-state index in [2.05, 4.69) is 5.10 Å². The molecule has 2 atom stereocenters. The van der Waals surface area contributed by atoms with E-state index in [-0.39, 0.29) is 18.9 Å². The first-order chi connectivity index (χ1) is 13.4. The monoisotopic (exact) mass is 384 g/mol. The molecule has 0 unspecified atom stereocenters. The van der Waals surface area contributed by atoms with Crippen LogP contribution in [0.25, 0.3) is 5.69 Å². The molecule has 0 saturated carbocycles. The van der Waals surface area contributed by atoms with Gasteiger partial charge in [0.1, 0.15) is 12.1 Å². The zero-order valence-electron chi connectivity index (χ0n) is 15.3. The van der Waals surface area contributed by atoms with E-state index >= 15 is 0 Å². The van der Waals surface area contributed by atoms with Crippen LogP contribution in [0.3, 0.4) is 0 Å². The number of ether oxygens (including phenoxy) is 1. The van der Waals surface area contributed by atoms with Crippen LogP contribution in [0.2, 0.25) is 0 Å². The van der Waals surface area contributed by atoms with E-state index in [0.717, 1.165) is 16.8 Å². The zero-order chi connectivity index (χ0) is 19.8. The Hall–Kier alpha value is -3.36. The fourth-order valence-electron chi connectivity index (χ4n) is 3.76. The minimum absolute atomic E-state index is 0.0995. The number of hydrogen-bond donors (Lipinski definition) is 1. The number of rotatable bonds is 3. The van der Waals surface area contributed by atoms with E-state index in [1.54, 1.807) is 15.8 Å². The van der Waals surface area contributed by atoms with Gasteiger partial charge in [0.15, 0.2) is 0 Å². The molecule has 2 aromatic rings. The average Bonchev–Trinajstić information content (AvgIpc) is 3.39. The van der Waals surface area contributed by atoms with Crippen molar-refractivity contribution >= 4 is 18.0 Å². The molecule has 0 bridgehead atoms. The van der Waals surface area contributed by atoms with Gasteiger partial charge in [-0.3, -0.25) is 9.69 Å². The van der Waals surface area contributed by atoms with Crippen LogP contribution in [-0.2, 0) is 27.4 Å². The van der Waals surface area contributed by atoms with E-state index < -0.39 is 24.2 Å². The summed E-state index contributed by atoms with van der Waals surface area (Å²) in [5, 5.41) is 13.5. The van der Waals surface area contributed by atoms with Gasteiger partial charge in [0.2, 0.25) is 5.91 Å². The van der Waals surface area contributed by atoms with Crippen molar-refractivity contribution in [3.8, 4) is 5.69 Å². The number of carboxylic acid groups (broad SMARTS) is 1. The van der Waals surface area contributed by atoms with Crippen molar-refractivity contribution in [2.24, 2.45) is 0 Å². The summed E-state index contributed by atoms with van der Waals surface area (Å²) in [6, 6.07) is 6.78. The zero-order valence-corrected chi connectivity index (χ0v) is 15.3. The first-order valence-corrected chi connectivity index (χ1v) is 9.00. The molecule has 28 heavy (non-hydrogen) atoms. The second kappa shape index (κ2) is 6.99. The third-order valence-electron chi connectivity index (χ3n) is 5.16. The molecule has 1 fully saturated rings. The molecular formula is C19H20N4O5. The minimum atomic E-state index is -1.09. The molecule has 1 N–H and O–H groups in total. The molecule has 0 aliphatic carbocycles. The summed E-state index contributed by atoms with van der Waals surface area (Å²) in [5.74, 6) is -1.43. The molecule has 9 nitrogen and oxygen atoms in total. The summed E-state index contributed by atoms with van der Waals surface area (Å²) >= 11 is 0. The third-order valence-corrected chi connectivity index (χ3v) is 5.16. The molecular weight excluding hydrogens is 364 g/mol. The van der Waals surface area contributed by atoms with E-state index in [1.165, 1.54) is 11.8 Å². The van der Waals surface area contributed by atoms with Crippen molar-refractivity contribution in [1.29, 1.82) is 0 Å². The SMILES string of the molecule is CC(=O)N1C[C@H](OC(=O)N2Cc3ccc(-n4cccn4)cc3C2)C[C@H]1C(=O)O. The van der Waals surface area contributed by atoms with E-state index in [1.807, 2.05) is 30.5 Å². The lowest BCUT2D eigenvalue weighted by molar-refractivity contribution is -0.147. The predicted molar refractivity (Wildman–Crippen MR) is 96.5 cm³/mol. The lowest BCUT2D eigenvalue weighted by Crippen LogP contribution is -2.39. The number of aromatic nitrogens is 2. The Kier molecular flexibility index (Phi) is 4.50. The van der Waals surface area contributed by atoms with Gasteiger partial charge in [0.25, 0.3) is 0 Å².